The van der Waals surface area contributed by atoms with Crippen LogP contribution in [-0.4, -0.2) is 96.7 Å². The predicted molar refractivity (Wildman–Crippen MR) is 335 cm³/mol. The van der Waals surface area contributed by atoms with Gasteiger partial charge in [0.25, 0.3) is 0 Å². The fourth-order valence-electron chi connectivity index (χ4n) is 9.68. The molecule has 0 radical (unpaired) electrons. The first-order chi connectivity index (χ1) is 40.4. The molecule has 0 bridgehead atoms. The van der Waals surface area contributed by atoms with Gasteiger partial charge in [-0.05, 0) is 37.5 Å². The molecule has 6 atom stereocenters. The fourth-order valence-corrected chi connectivity index (χ4v) is 11.3. The highest BCUT2D eigenvalue weighted by atomic mass is 31.2. The van der Waals surface area contributed by atoms with Crippen LogP contribution in [0.25, 0.3) is 0 Å². The first kappa shape index (κ1) is 82.1. The van der Waals surface area contributed by atoms with Gasteiger partial charge in [-0.15, -0.1) is 0 Å². The SMILES string of the molecule is CCCCCCCCCCCCCC(=O)O[C@H](COC(=O)CCCCCCCCCCCC)COP(=O)(O)OC[C@H](O)COP(=O)(O)OC[C@@H](COC(=O)CCCCCCCCCCC(C)C)OC(=O)CCCCCCCCCCC(C)CC. The molecule has 0 rings (SSSR count). The monoisotopic (exact) mass is 1240 g/mol. The normalized spacial score (nSPS) is 14.6. The summed E-state index contributed by atoms with van der Waals surface area (Å²) < 4.78 is 68.0. The van der Waals surface area contributed by atoms with E-state index in [4.69, 9.17) is 37.0 Å². The molecule has 0 aromatic rings. The maximum Gasteiger partial charge on any atom is 0.472 e. The van der Waals surface area contributed by atoms with Crippen LogP contribution in [0.4, 0.5) is 0 Å². The van der Waals surface area contributed by atoms with E-state index in [1.807, 2.05) is 0 Å². The number of unbranched alkanes of at least 4 members (excludes halogenated alkanes) is 33. The average molecular weight is 1240 g/mol. The summed E-state index contributed by atoms with van der Waals surface area (Å²) in [5.41, 5.74) is 0. The van der Waals surface area contributed by atoms with E-state index in [0.29, 0.717) is 25.7 Å². The van der Waals surface area contributed by atoms with Crippen molar-refractivity contribution in [2.24, 2.45) is 11.8 Å². The van der Waals surface area contributed by atoms with Crippen LogP contribution in [0.15, 0.2) is 0 Å². The Kier molecular flexibility index (Phi) is 56.2. The second-order valence-electron chi connectivity index (χ2n) is 24.2. The summed E-state index contributed by atoms with van der Waals surface area (Å²) in [7, 11) is -9.89. The fraction of sp³-hybridized carbons (Fsp3) is 0.938. The molecular formula is C65H126O17P2. The van der Waals surface area contributed by atoms with E-state index in [1.54, 1.807) is 0 Å². The number of phosphoric acid groups is 2. The number of aliphatic hydroxyl groups is 1. The predicted octanol–water partition coefficient (Wildman–Crippen LogP) is 18.0. The van der Waals surface area contributed by atoms with E-state index in [1.165, 1.54) is 141 Å². The molecule has 3 unspecified atom stereocenters. The Labute approximate surface area is 511 Å². The summed E-state index contributed by atoms with van der Waals surface area (Å²) in [6.07, 6.45) is 40.2. The molecule has 0 aliphatic heterocycles. The number of esters is 4. The molecule has 0 aliphatic carbocycles. The highest BCUT2D eigenvalue weighted by Gasteiger charge is 2.30. The Morgan fingerprint density at radius 3 is 0.905 bits per heavy atom. The summed E-state index contributed by atoms with van der Waals surface area (Å²) in [4.78, 5) is 72.3. The van der Waals surface area contributed by atoms with Crippen molar-refractivity contribution in [2.45, 2.75) is 342 Å². The Morgan fingerprint density at radius 1 is 0.345 bits per heavy atom. The lowest BCUT2D eigenvalue weighted by Crippen LogP contribution is -2.30. The van der Waals surface area contributed by atoms with Crippen LogP contribution in [0, 0.1) is 11.8 Å². The zero-order chi connectivity index (χ0) is 62.2. The number of hydrogen-bond acceptors (Lipinski definition) is 15. The van der Waals surface area contributed by atoms with Crippen LogP contribution >= 0.6 is 15.6 Å². The van der Waals surface area contributed by atoms with Gasteiger partial charge in [-0.2, -0.15) is 0 Å². The van der Waals surface area contributed by atoms with E-state index < -0.39 is 97.5 Å². The molecule has 0 spiro atoms. The van der Waals surface area contributed by atoms with Crippen LogP contribution < -0.4 is 0 Å². The summed E-state index contributed by atoms with van der Waals surface area (Å²) >= 11 is 0. The first-order valence-electron chi connectivity index (χ1n) is 34.0. The van der Waals surface area contributed by atoms with Crippen molar-refractivity contribution in [1.82, 2.24) is 0 Å². The van der Waals surface area contributed by atoms with Crippen molar-refractivity contribution in [3.05, 3.63) is 0 Å². The molecule has 84 heavy (non-hydrogen) atoms. The number of aliphatic hydroxyl groups excluding tert-OH is 1. The maximum absolute atomic E-state index is 13.0. The number of hydrogen-bond donors (Lipinski definition) is 3. The van der Waals surface area contributed by atoms with Gasteiger partial charge < -0.3 is 33.8 Å². The summed E-state index contributed by atoms with van der Waals surface area (Å²) in [5.74, 6) is -0.637. The van der Waals surface area contributed by atoms with Crippen LogP contribution in [0.5, 0.6) is 0 Å². The van der Waals surface area contributed by atoms with Gasteiger partial charge in [-0.3, -0.25) is 37.3 Å². The van der Waals surface area contributed by atoms with Crippen molar-refractivity contribution in [1.29, 1.82) is 0 Å². The third-order valence-corrected chi connectivity index (χ3v) is 17.2. The second kappa shape index (κ2) is 57.5. The van der Waals surface area contributed by atoms with Crippen molar-refractivity contribution < 1.29 is 80.2 Å². The van der Waals surface area contributed by atoms with Crippen molar-refractivity contribution in [2.75, 3.05) is 39.6 Å². The van der Waals surface area contributed by atoms with E-state index in [0.717, 1.165) is 102 Å². The molecule has 17 nitrogen and oxygen atoms in total. The number of rotatable bonds is 64. The quantitative estimate of drug-likeness (QED) is 0.0222. The molecule has 0 fully saturated rings. The molecule has 0 aromatic heterocycles. The number of carbonyl (C=O) groups is 4. The molecule has 0 aromatic carbocycles. The molecule has 19 heteroatoms. The van der Waals surface area contributed by atoms with Crippen molar-refractivity contribution in [3.63, 3.8) is 0 Å². The van der Waals surface area contributed by atoms with E-state index in [2.05, 4.69) is 41.5 Å². The van der Waals surface area contributed by atoms with Gasteiger partial charge in [0.15, 0.2) is 12.2 Å². The molecular weight excluding hydrogens is 1110 g/mol. The highest BCUT2D eigenvalue weighted by Crippen LogP contribution is 2.45. The minimum atomic E-state index is -4.95. The van der Waals surface area contributed by atoms with Crippen molar-refractivity contribution in [3.8, 4) is 0 Å². The largest absolute Gasteiger partial charge is 0.472 e. The minimum absolute atomic E-state index is 0.104. The second-order valence-corrected chi connectivity index (χ2v) is 27.1. The molecule has 0 saturated heterocycles. The van der Waals surface area contributed by atoms with Gasteiger partial charge in [-0.25, -0.2) is 9.13 Å². The zero-order valence-corrected chi connectivity index (χ0v) is 56.0. The Balaban J connectivity index is 5.25. The number of phosphoric ester groups is 2. The van der Waals surface area contributed by atoms with Crippen LogP contribution in [0.1, 0.15) is 324 Å². The number of ether oxygens (including phenoxy) is 4. The third kappa shape index (κ3) is 57.8. The van der Waals surface area contributed by atoms with E-state index in [9.17, 15) is 43.2 Å². The summed E-state index contributed by atoms with van der Waals surface area (Å²) in [6, 6.07) is 0. The summed E-state index contributed by atoms with van der Waals surface area (Å²) in [5, 5.41) is 10.5. The van der Waals surface area contributed by atoms with Gasteiger partial charge in [0.05, 0.1) is 26.4 Å². The molecule has 0 amide bonds. The maximum atomic E-state index is 13.0. The van der Waals surface area contributed by atoms with Gasteiger partial charge in [0.1, 0.15) is 19.3 Å². The standard InChI is InChI=1S/C65H126O17P2/c1-7-10-12-14-16-18-20-22-31-37-43-49-64(69)81-60(53-75-62(67)47-41-35-29-21-19-17-15-13-11-8-2)55-79-83(71,72)77-51-59(66)52-78-84(73,74)80-56-61(54-76-63(68)48-42-36-30-25-23-27-33-39-45-57(4)5)82-65(70)50-44-38-32-26-24-28-34-40-46-58(6)9-3/h57-61,66H,7-56H2,1-6H3,(H,71,72)(H,73,74)/t58?,59-,60+,61+/m0/s1. The van der Waals surface area contributed by atoms with Gasteiger partial charge in [0.2, 0.25) is 0 Å². The average Bonchev–Trinajstić information content (AvgIpc) is 3.61. The summed E-state index contributed by atoms with van der Waals surface area (Å²) in [6.45, 7) is 9.46. The zero-order valence-electron chi connectivity index (χ0n) is 54.2. The third-order valence-electron chi connectivity index (χ3n) is 15.3. The first-order valence-corrected chi connectivity index (χ1v) is 37.0. The van der Waals surface area contributed by atoms with E-state index in [-0.39, 0.29) is 25.7 Å². The smallest absolute Gasteiger partial charge is 0.462 e. The Hall–Kier alpha value is -1.94. The van der Waals surface area contributed by atoms with Gasteiger partial charge in [0, 0.05) is 25.7 Å². The minimum Gasteiger partial charge on any atom is -0.462 e. The molecule has 0 saturated carbocycles. The van der Waals surface area contributed by atoms with Crippen LogP contribution in [0.3, 0.4) is 0 Å². The number of carbonyl (C=O) groups excluding carboxylic acids is 4. The van der Waals surface area contributed by atoms with Crippen LogP contribution in [-0.2, 0) is 65.4 Å². The topological polar surface area (TPSA) is 237 Å². The highest BCUT2D eigenvalue weighted by molar-refractivity contribution is 7.47. The lowest BCUT2D eigenvalue weighted by atomic mass is 9.99. The lowest BCUT2D eigenvalue weighted by molar-refractivity contribution is -0.161. The lowest BCUT2D eigenvalue weighted by Gasteiger charge is -2.21. The van der Waals surface area contributed by atoms with Gasteiger partial charge >= 0.3 is 39.5 Å². The van der Waals surface area contributed by atoms with Crippen LogP contribution in [0.2, 0.25) is 0 Å². The van der Waals surface area contributed by atoms with Crippen molar-refractivity contribution >= 4 is 39.5 Å². The molecule has 0 heterocycles. The Bertz CT molecular complexity index is 1650. The van der Waals surface area contributed by atoms with E-state index >= 15 is 0 Å². The Morgan fingerprint density at radius 2 is 0.607 bits per heavy atom. The molecule has 3 N–H and O–H groups in total. The molecule has 0 aliphatic rings. The van der Waals surface area contributed by atoms with Gasteiger partial charge in [-0.1, -0.05) is 273 Å². The molecule has 498 valence electrons.